The summed E-state index contributed by atoms with van der Waals surface area (Å²) >= 11 is 0. The molecule has 0 aliphatic carbocycles. The molecular formula is C23H28N4O4. The number of nitrogens with one attached hydrogen (secondary N) is 1. The third kappa shape index (κ3) is 5.39. The average molecular weight is 425 g/mol. The molecule has 1 unspecified atom stereocenters. The summed E-state index contributed by atoms with van der Waals surface area (Å²) in [6.45, 7) is 8.81. The standard InChI is InChI=1S/C23H28N4O4/c1-14(2)21(23(29)30)24-22(28)17-6-8-18(9-7-17)31-11-5-10-27-20-13-16(4)15(3)12-19(20)25-26-27/h6-9,12-14,21H,5,10-11H2,1-4H3,(H,24,28)(H,29,30). The second kappa shape index (κ2) is 9.59. The molecule has 0 bridgehead atoms. The van der Waals surface area contributed by atoms with Gasteiger partial charge >= 0.3 is 5.97 Å². The molecular weight excluding hydrogens is 396 g/mol. The van der Waals surface area contributed by atoms with Gasteiger partial charge in [0.05, 0.1) is 12.1 Å². The maximum Gasteiger partial charge on any atom is 0.326 e. The van der Waals surface area contributed by atoms with Crippen molar-refractivity contribution in [2.45, 2.75) is 46.7 Å². The van der Waals surface area contributed by atoms with Crippen molar-refractivity contribution >= 4 is 22.9 Å². The number of carboxylic acids is 1. The van der Waals surface area contributed by atoms with E-state index in [1.165, 1.54) is 11.1 Å². The number of carbonyl (C=O) groups is 2. The van der Waals surface area contributed by atoms with Gasteiger partial charge in [0.2, 0.25) is 0 Å². The molecule has 0 aliphatic heterocycles. The van der Waals surface area contributed by atoms with Gasteiger partial charge in [0.25, 0.3) is 5.91 Å². The number of aromatic nitrogens is 3. The second-order valence-electron chi connectivity index (χ2n) is 8.00. The lowest BCUT2D eigenvalue weighted by Gasteiger charge is -2.18. The summed E-state index contributed by atoms with van der Waals surface area (Å²) in [5.74, 6) is -1.03. The minimum absolute atomic E-state index is 0.209. The van der Waals surface area contributed by atoms with Crippen LogP contribution in [-0.4, -0.2) is 44.6 Å². The van der Waals surface area contributed by atoms with E-state index in [0.717, 1.165) is 17.5 Å². The highest BCUT2D eigenvalue weighted by Crippen LogP contribution is 2.18. The van der Waals surface area contributed by atoms with E-state index in [0.29, 0.717) is 24.5 Å². The summed E-state index contributed by atoms with van der Waals surface area (Å²) in [6, 6.07) is 9.88. The van der Waals surface area contributed by atoms with E-state index in [1.807, 2.05) is 10.7 Å². The predicted molar refractivity (Wildman–Crippen MR) is 117 cm³/mol. The fourth-order valence-corrected chi connectivity index (χ4v) is 3.23. The average Bonchev–Trinajstić information content (AvgIpc) is 3.11. The third-order valence-corrected chi connectivity index (χ3v) is 5.25. The summed E-state index contributed by atoms with van der Waals surface area (Å²) in [5.41, 5.74) is 4.70. The summed E-state index contributed by atoms with van der Waals surface area (Å²) in [7, 11) is 0. The molecule has 2 N–H and O–H groups in total. The first-order valence-electron chi connectivity index (χ1n) is 10.3. The normalized spacial score (nSPS) is 12.2. The zero-order chi connectivity index (χ0) is 22.5. The molecule has 31 heavy (non-hydrogen) atoms. The van der Waals surface area contributed by atoms with Gasteiger partial charge in [-0.15, -0.1) is 5.10 Å². The van der Waals surface area contributed by atoms with E-state index in [2.05, 4.69) is 35.5 Å². The fraction of sp³-hybridized carbons (Fsp3) is 0.391. The SMILES string of the molecule is Cc1cc2nnn(CCCOc3ccc(C(=O)NC(C(=O)O)C(C)C)cc3)c2cc1C. The number of ether oxygens (including phenoxy) is 1. The van der Waals surface area contributed by atoms with Crippen molar-refractivity contribution in [2.24, 2.45) is 5.92 Å². The van der Waals surface area contributed by atoms with E-state index in [9.17, 15) is 14.7 Å². The van der Waals surface area contributed by atoms with Crippen LogP contribution in [0.15, 0.2) is 36.4 Å². The molecule has 1 heterocycles. The number of amides is 1. The number of hydrogen-bond donors (Lipinski definition) is 2. The number of carbonyl (C=O) groups excluding carboxylic acids is 1. The van der Waals surface area contributed by atoms with E-state index in [1.54, 1.807) is 38.1 Å². The number of benzene rings is 2. The Morgan fingerprint density at radius 3 is 2.45 bits per heavy atom. The lowest BCUT2D eigenvalue weighted by Crippen LogP contribution is -2.44. The Labute approximate surface area is 181 Å². The van der Waals surface area contributed by atoms with Crippen LogP contribution in [0.2, 0.25) is 0 Å². The molecule has 8 nitrogen and oxygen atoms in total. The minimum Gasteiger partial charge on any atom is -0.494 e. The monoisotopic (exact) mass is 424 g/mol. The highest BCUT2D eigenvalue weighted by atomic mass is 16.5. The third-order valence-electron chi connectivity index (χ3n) is 5.25. The van der Waals surface area contributed by atoms with Crippen molar-refractivity contribution in [1.29, 1.82) is 0 Å². The minimum atomic E-state index is -1.05. The highest BCUT2D eigenvalue weighted by Gasteiger charge is 2.23. The fourth-order valence-electron chi connectivity index (χ4n) is 3.23. The zero-order valence-electron chi connectivity index (χ0n) is 18.3. The van der Waals surface area contributed by atoms with Crippen molar-refractivity contribution in [2.75, 3.05) is 6.61 Å². The molecule has 1 aromatic heterocycles. The van der Waals surface area contributed by atoms with E-state index in [4.69, 9.17) is 4.74 Å². The molecule has 0 saturated carbocycles. The van der Waals surface area contributed by atoms with Crippen molar-refractivity contribution < 1.29 is 19.4 Å². The first-order chi connectivity index (χ1) is 14.8. The highest BCUT2D eigenvalue weighted by molar-refractivity contribution is 5.96. The number of carboxylic acid groups (broad SMARTS) is 1. The van der Waals surface area contributed by atoms with Crippen LogP contribution in [0.1, 0.15) is 41.8 Å². The Kier molecular flexibility index (Phi) is 6.89. The summed E-state index contributed by atoms with van der Waals surface area (Å²) in [6.07, 6.45) is 0.752. The van der Waals surface area contributed by atoms with E-state index in [-0.39, 0.29) is 5.92 Å². The lowest BCUT2D eigenvalue weighted by atomic mass is 10.0. The van der Waals surface area contributed by atoms with Crippen LogP contribution in [-0.2, 0) is 11.3 Å². The first kappa shape index (κ1) is 22.3. The summed E-state index contributed by atoms with van der Waals surface area (Å²) in [5, 5.41) is 20.2. The Hall–Kier alpha value is -3.42. The number of hydrogen-bond acceptors (Lipinski definition) is 5. The van der Waals surface area contributed by atoms with Gasteiger partial charge in [-0.05, 0) is 67.3 Å². The molecule has 0 spiro atoms. The first-order valence-corrected chi connectivity index (χ1v) is 10.3. The number of aliphatic carboxylic acids is 1. The molecule has 2 aromatic carbocycles. The Balaban J connectivity index is 1.51. The molecule has 3 rings (SSSR count). The van der Waals surface area contributed by atoms with E-state index < -0.39 is 17.9 Å². The van der Waals surface area contributed by atoms with Crippen LogP contribution in [0.4, 0.5) is 0 Å². The number of aryl methyl sites for hydroxylation is 3. The van der Waals surface area contributed by atoms with Crippen LogP contribution in [0.3, 0.4) is 0 Å². The van der Waals surface area contributed by atoms with Crippen LogP contribution >= 0.6 is 0 Å². The van der Waals surface area contributed by atoms with Gasteiger partial charge < -0.3 is 15.2 Å². The molecule has 1 amide bonds. The summed E-state index contributed by atoms with van der Waals surface area (Å²) in [4.78, 5) is 23.5. The van der Waals surface area contributed by atoms with Gasteiger partial charge in [-0.3, -0.25) is 4.79 Å². The van der Waals surface area contributed by atoms with Crippen LogP contribution in [0.25, 0.3) is 11.0 Å². The van der Waals surface area contributed by atoms with Crippen molar-refractivity contribution in [1.82, 2.24) is 20.3 Å². The van der Waals surface area contributed by atoms with Gasteiger partial charge in [-0.2, -0.15) is 0 Å². The van der Waals surface area contributed by atoms with Gasteiger partial charge in [0.1, 0.15) is 17.3 Å². The molecule has 3 aromatic rings. The quantitative estimate of drug-likeness (QED) is 0.510. The second-order valence-corrected chi connectivity index (χ2v) is 8.00. The smallest absolute Gasteiger partial charge is 0.326 e. The molecule has 1 atom stereocenters. The largest absolute Gasteiger partial charge is 0.494 e. The van der Waals surface area contributed by atoms with E-state index >= 15 is 0 Å². The molecule has 8 heteroatoms. The number of nitrogens with zero attached hydrogens (tertiary/aromatic N) is 3. The molecule has 0 radical (unpaired) electrons. The topological polar surface area (TPSA) is 106 Å². The maximum atomic E-state index is 12.3. The molecule has 0 saturated heterocycles. The van der Waals surface area contributed by atoms with Crippen LogP contribution in [0, 0.1) is 19.8 Å². The molecule has 0 fully saturated rings. The molecule has 0 aliphatic rings. The van der Waals surface area contributed by atoms with Crippen molar-refractivity contribution in [3.63, 3.8) is 0 Å². The number of rotatable bonds is 9. The maximum absolute atomic E-state index is 12.3. The Bertz CT molecular complexity index is 1070. The van der Waals surface area contributed by atoms with Crippen LogP contribution in [0.5, 0.6) is 5.75 Å². The lowest BCUT2D eigenvalue weighted by molar-refractivity contribution is -0.140. The van der Waals surface area contributed by atoms with Gasteiger partial charge in [-0.1, -0.05) is 19.1 Å². The van der Waals surface area contributed by atoms with Crippen LogP contribution < -0.4 is 10.1 Å². The van der Waals surface area contributed by atoms with Crippen molar-refractivity contribution in [3.8, 4) is 5.75 Å². The number of fused-ring (bicyclic) bond motifs is 1. The van der Waals surface area contributed by atoms with Crippen molar-refractivity contribution in [3.05, 3.63) is 53.1 Å². The Morgan fingerprint density at radius 1 is 1.13 bits per heavy atom. The summed E-state index contributed by atoms with van der Waals surface area (Å²) < 4.78 is 7.65. The molecule has 164 valence electrons. The van der Waals surface area contributed by atoms with Gasteiger partial charge in [-0.25, -0.2) is 9.48 Å². The Morgan fingerprint density at radius 2 is 1.81 bits per heavy atom. The zero-order valence-corrected chi connectivity index (χ0v) is 18.3. The predicted octanol–water partition coefficient (Wildman–Crippen LogP) is 3.36. The van der Waals surface area contributed by atoms with Gasteiger partial charge in [0, 0.05) is 18.5 Å². The van der Waals surface area contributed by atoms with Gasteiger partial charge in [0.15, 0.2) is 0 Å².